The van der Waals surface area contributed by atoms with Crippen molar-refractivity contribution < 1.29 is 4.74 Å². The van der Waals surface area contributed by atoms with Gasteiger partial charge in [-0.1, -0.05) is 17.7 Å². The third kappa shape index (κ3) is 3.52. The van der Waals surface area contributed by atoms with Crippen LogP contribution in [0.4, 0.5) is 0 Å². The summed E-state index contributed by atoms with van der Waals surface area (Å²) in [7, 11) is 1.70. The Balaban J connectivity index is 2.06. The fourth-order valence-corrected chi connectivity index (χ4v) is 2.61. The maximum absolute atomic E-state index is 5.41. The maximum atomic E-state index is 5.41. The number of hydrogen-bond acceptors (Lipinski definition) is 5. The average Bonchev–Trinajstić information content (AvgIpc) is 2.81. The van der Waals surface area contributed by atoms with Crippen molar-refractivity contribution in [2.75, 3.05) is 7.11 Å². The van der Waals surface area contributed by atoms with Crippen LogP contribution in [0, 0.1) is 13.8 Å². The molecule has 0 spiro atoms. The Morgan fingerprint density at radius 1 is 1.32 bits per heavy atom. The largest absolute Gasteiger partial charge is 0.496 e. The minimum Gasteiger partial charge on any atom is -0.496 e. The van der Waals surface area contributed by atoms with E-state index >= 15 is 0 Å². The van der Waals surface area contributed by atoms with Gasteiger partial charge >= 0.3 is 0 Å². The predicted octanol–water partition coefficient (Wildman–Crippen LogP) is 3.01. The van der Waals surface area contributed by atoms with Gasteiger partial charge in [-0.15, -0.1) is 21.5 Å². The predicted molar refractivity (Wildman–Crippen MR) is 77.6 cm³/mol. The third-order valence-corrected chi connectivity index (χ3v) is 3.82. The Morgan fingerprint density at radius 2 is 2.11 bits per heavy atom. The summed E-state index contributed by atoms with van der Waals surface area (Å²) >= 11 is 1.62. The van der Waals surface area contributed by atoms with Crippen LogP contribution in [0.2, 0.25) is 0 Å². The molecule has 102 valence electrons. The van der Waals surface area contributed by atoms with E-state index < -0.39 is 0 Å². The Morgan fingerprint density at radius 3 is 2.74 bits per heavy atom. The van der Waals surface area contributed by atoms with E-state index in [1.807, 2.05) is 13.0 Å². The quantitative estimate of drug-likeness (QED) is 0.912. The van der Waals surface area contributed by atoms with Crippen molar-refractivity contribution in [3.05, 3.63) is 39.3 Å². The van der Waals surface area contributed by atoms with Gasteiger partial charge in [0.25, 0.3) is 0 Å². The zero-order chi connectivity index (χ0) is 13.8. The Hall–Kier alpha value is -1.46. The highest BCUT2D eigenvalue weighted by Crippen LogP contribution is 2.26. The molecule has 0 unspecified atom stereocenters. The van der Waals surface area contributed by atoms with E-state index in [4.69, 9.17) is 4.74 Å². The van der Waals surface area contributed by atoms with E-state index in [1.165, 1.54) is 11.1 Å². The van der Waals surface area contributed by atoms with Crippen LogP contribution in [0.25, 0.3) is 0 Å². The highest BCUT2D eigenvalue weighted by atomic mass is 32.1. The van der Waals surface area contributed by atoms with Gasteiger partial charge in [-0.05, 0) is 26.8 Å². The van der Waals surface area contributed by atoms with E-state index in [-0.39, 0.29) is 6.04 Å². The van der Waals surface area contributed by atoms with Crippen molar-refractivity contribution >= 4 is 11.3 Å². The van der Waals surface area contributed by atoms with Gasteiger partial charge in [0, 0.05) is 11.6 Å². The number of aromatic nitrogens is 2. The Labute approximate surface area is 117 Å². The fraction of sp³-hybridized carbons (Fsp3) is 0.429. The van der Waals surface area contributed by atoms with Crippen LogP contribution >= 0.6 is 11.3 Å². The minimum absolute atomic E-state index is 0.207. The molecule has 2 aromatic rings. The minimum atomic E-state index is 0.207. The molecular weight excluding hydrogens is 258 g/mol. The zero-order valence-corrected chi connectivity index (χ0v) is 12.5. The van der Waals surface area contributed by atoms with E-state index in [1.54, 1.807) is 18.4 Å². The number of benzene rings is 1. The fourth-order valence-electron chi connectivity index (χ4n) is 1.95. The molecular formula is C14H19N3OS. The maximum Gasteiger partial charge on any atom is 0.131 e. The van der Waals surface area contributed by atoms with Crippen LogP contribution in [0.3, 0.4) is 0 Å². The number of nitrogens with zero attached hydrogens (tertiary/aromatic N) is 2. The summed E-state index contributed by atoms with van der Waals surface area (Å²) in [6.07, 6.45) is 0. The molecule has 1 N–H and O–H groups in total. The first-order valence-corrected chi connectivity index (χ1v) is 7.08. The molecule has 0 bridgehead atoms. The lowest BCUT2D eigenvalue weighted by Crippen LogP contribution is -2.18. The number of hydrogen-bond donors (Lipinski definition) is 1. The first kappa shape index (κ1) is 14.0. The lowest BCUT2D eigenvalue weighted by atomic mass is 10.0. The molecule has 0 aliphatic rings. The van der Waals surface area contributed by atoms with Crippen molar-refractivity contribution in [3.8, 4) is 5.75 Å². The molecule has 4 nitrogen and oxygen atoms in total. The molecule has 0 amide bonds. The second-order valence-corrected chi connectivity index (χ2v) is 5.83. The van der Waals surface area contributed by atoms with Crippen LogP contribution < -0.4 is 10.1 Å². The average molecular weight is 277 g/mol. The monoisotopic (exact) mass is 277 g/mol. The van der Waals surface area contributed by atoms with Crippen LogP contribution in [-0.4, -0.2) is 17.3 Å². The van der Waals surface area contributed by atoms with Crippen molar-refractivity contribution in [1.29, 1.82) is 0 Å². The summed E-state index contributed by atoms with van der Waals surface area (Å²) in [5.41, 5.74) is 2.40. The summed E-state index contributed by atoms with van der Waals surface area (Å²) in [5.74, 6) is 0.916. The van der Waals surface area contributed by atoms with Gasteiger partial charge in [-0.3, -0.25) is 0 Å². The van der Waals surface area contributed by atoms with Crippen molar-refractivity contribution in [3.63, 3.8) is 0 Å². The van der Waals surface area contributed by atoms with Crippen molar-refractivity contribution in [2.45, 2.75) is 33.4 Å². The molecule has 0 aliphatic heterocycles. The number of aryl methyl sites for hydroxylation is 2. The van der Waals surface area contributed by atoms with Crippen LogP contribution in [0.15, 0.2) is 18.2 Å². The molecule has 1 heterocycles. The number of ether oxygens (including phenoxy) is 1. The first-order valence-electron chi connectivity index (χ1n) is 6.27. The van der Waals surface area contributed by atoms with Crippen molar-refractivity contribution in [1.82, 2.24) is 15.5 Å². The smallest absolute Gasteiger partial charge is 0.131 e. The normalized spacial score (nSPS) is 12.4. The molecule has 1 aromatic carbocycles. The summed E-state index contributed by atoms with van der Waals surface area (Å²) in [6.45, 7) is 6.91. The highest BCUT2D eigenvalue weighted by molar-refractivity contribution is 7.11. The van der Waals surface area contributed by atoms with E-state index in [9.17, 15) is 0 Å². The standard InChI is InChI=1S/C14H19N3OS/c1-9-5-6-13(18-4)12(7-9)10(2)15-8-14-17-16-11(3)19-14/h5-7,10,15H,8H2,1-4H3/t10-/m1/s1. The summed E-state index contributed by atoms with van der Waals surface area (Å²) in [6, 6.07) is 6.43. The topological polar surface area (TPSA) is 47.0 Å². The lowest BCUT2D eigenvalue weighted by molar-refractivity contribution is 0.401. The summed E-state index contributed by atoms with van der Waals surface area (Å²) in [4.78, 5) is 0. The number of methoxy groups -OCH3 is 1. The molecule has 19 heavy (non-hydrogen) atoms. The molecule has 0 radical (unpaired) electrons. The molecule has 0 saturated carbocycles. The summed E-state index contributed by atoms with van der Waals surface area (Å²) in [5, 5.41) is 13.6. The number of rotatable bonds is 5. The van der Waals surface area contributed by atoms with Gasteiger partial charge in [0.05, 0.1) is 13.7 Å². The van der Waals surface area contributed by atoms with Crippen LogP contribution in [0.5, 0.6) is 5.75 Å². The first-order chi connectivity index (χ1) is 9.10. The summed E-state index contributed by atoms with van der Waals surface area (Å²) < 4.78 is 5.41. The SMILES string of the molecule is COc1ccc(C)cc1[C@@H](C)NCc1nnc(C)s1. The molecule has 0 aliphatic carbocycles. The van der Waals surface area contributed by atoms with Gasteiger partial charge in [-0.25, -0.2) is 0 Å². The Bertz CT molecular complexity index is 553. The van der Waals surface area contributed by atoms with E-state index in [2.05, 4.69) is 41.5 Å². The van der Waals surface area contributed by atoms with Gasteiger partial charge in [0.1, 0.15) is 15.8 Å². The van der Waals surface area contributed by atoms with E-state index in [0.29, 0.717) is 0 Å². The molecule has 0 fully saturated rings. The lowest BCUT2D eigenvalue weighted by Gasteiger charge is -2.17. The van der Waals surface area contributed by atoms with Gasteiger partial charge in [0.15, 0.2) is 0 Å². The molecule has 1 atom stereocenters. The van der Waals surface area contributed by atoms with Crippen molar-refractivity contribution in [2.24, 2.45) is 0 Å². The third-order valence-electron chi connectivity index (χ3n) is 2.98. The molecule has 1 aromatic heterocycles. The van der Waals surface area contributed by atoms with Gasteiger partial charge in [-0.2, -0.15) is 0 Å². The molecule has 5 heteroatoms. The number of nitrogens with one attached hydrogen (secondary N) is 1. The second-order valence-electron chi connectivity index (χ2n) is 4.56. The van der Waals surface area contributed by atoms with E-state index in [0.717, 1.165) is 22.3 Å². The second kappa shape index (κ2) is 6.12. The van der Waals surface area contributed by atoms with Crippen LogP contribution in [0.1, 0.15) is 34.1 Å². The van der Waals surface area contributed by atoms with Gasteiger partial charge < -0.3 is 10.1 Å². The molecule has 0 saturated heterocycles. The Kier molecular flexibility index (Phi) is 4.50. The highest BCUT2D eigenvalue weighted by Gasteiger charge is 2.12. The van der Waals surface area contributed by atoms with Gasteiger partial charge in [0.2, 0.25) is 0 Å². The molecule has 2 rings (SSSR count). The van der Waals surface area contributed by atoms with Crippen LogP contribution in [-0.2, 0) is 6.54 Å². The zero-order valence-electron chi connectivity index (χ0n) is 11.7.